The van der Waals surface area contributed by atoms with Crippen molar-refractivity contribution in [1.82, 2.24) is 16.0 Å². The van der Waals surface area contributed by atoms with Crippen LogP contribution in [0.1, 0.15) is 72.1 Å². The molecule has 0 radical (unpaired) electrons. The minimum Gasteiger partial charge on any atom is -0.377 e. The van der Waals surface area contributed by atoms with Crippen molar-refractivity contribution in [3.05, 3.63) is 113 Å². The summed E-state index contributed by atoms with van der Waals surface area (Å²) in [5.74, 6) is 5.90. The molecule has 3 N–H and O–H groups in total. The van der Waals surface area contributed by atoms with Gasteiger partial charge in [0.25, 0.3) is 11.8 Å². The molecule has 42 heavy (non-hydrogen) atoms. The molecule has 2 aliphatic rings. The summed E-state index contributed by atoms with van der Waals surface area (Å²) in [6.07, 6.45) is 12.0. The predicted molar refractivity (Wildman–Crippen MR) is 172 cm³/mol. The first-order valence-corrected chi connectivity index (χ1v) is 14.5. The molecule has 0 bridgehead atoms. The Balaban J connectivity index is 1.36. The molecule has 0 spiro atoms. The number of nitrogens with zero attached hydrogens (tertiary/aromatic N) is 1. The Bertz CT molecular complexity index is 1520. The van der Waals surface area contributed by atoms with Crippen molar-refractivity contribution in [1.29, 1.82) is 0 Å². The summed E-state index contributed by atoms with van der Waals surface area (Å²) >= 11 is 0. The van der Waals surface area contributed by atoms with Gasteiger partial charge in [-0.25, -0.2) is 0 Å². The number of aryl methyl sites for hydroxylation is 1. The topological polar surface area (TPSA) is 82.6 Å². The lowest BCUT2D eigenvalue weighted by molar-refractivity contribution is -0.117. The van der Waals surface area contributed by atoms with Gasteiger partial charge in [0, 0.05) is 18.3 Å². The second-order valence-electron chi connectivity index (χ2n) is 11.0. The summed E-state index contributed by atoms with van der Waals surface area (Å²) in [4.78, 5) is 30.1. The number of hydrogen-bond acceptors (Lipinski definition) is 4. The van der Waals surface area contributed by atoms with Crippen LogP contribution in [-0.4, -0.2) is 24.1 Å². The number of rotatable bonds is 12. The molecule has 6 nitrogen and oxygen atoms in total. The maximum Gasteiger partial charge on any atom is 0.267 e. The Kier molecular flexibility index (Phi) is 9.98. The number of nitrogens with one attached hydrogen (secondary N) is 3. The first-order chi connectivity index (χ1) is 20.2. The Morgan fingerprint density at radius 3 is 2.60 bits per heavy atom. The number of carbonyl (C=O) groups is 2. The van der Waals surface area contributed by atoms with Gasteiger partial charge in [0.1, 0.15) is 0 Å². The van der Waals surface area contributed by atoms with Gasteiger partial charge in [-0.1, -0.05) is 73.2 Å². The normalized spacial score (nSPS) is 15.5. The van der Waals surface area contributed by atoms with E-state index < -0.39 is 0 Å². The zero-order chi connectivity index (χ0) is 30.1. The van der Waals surface area contributed by atoms with E-state index in [0.29, 0.717) is 17.2 Å². The largest absolute Gasteiger partial charge is 0.377 e. The summed E-state index contributed by atoms with van der Waals surface area (Å²) in [7, 11) is 0. The van der Waals surface area contributed by atoms with Gasteiger partial charge in [0.2, 0.25) is 0 Å². The molecule has 2 saturated carbocycles. The molecule has 0 unspecified atom stereocenters. The van der Waals surface area contributed by atoms with Crippen molar-refractivity contribution < 1.29 is 9.59 Å². The first-order valence-electron chi connectivity index (χ1n) is 14.5. The van der Waals surface area contributed by atoms with Gasteiger partial charge in [0.05, 0.1) is 23.5 Å². The highest BCUT2D eigenvalue weighted by atomic mass is 16.2. The standard InChI is InChI=1S/C36H40N4O2/c1-6-21-37-27(4)10-9-22-38-34(41)28(5)39-24-31-11-7-8-12-33(31)35(42)40-36(19-20-36)32-18-14-26(3)30(23-32)15-13-25(2)29-16-17-29/h6-8,11-15,18,21,23,29,39H,2,5,16-17,19-20,22,24H2,1,3-4H3,(H,38,41)(H,40,42)/b15-13-,21-6-,37-27?. The SMILES string of the molecule is C=C(NCc1ccccc1C(=O)NC1(c2ccc(C)c(/C=C\C(=C)C3CC3)c2)CC1)C(=O)NCC#CC(C)=N/C=C\C. The molecule has 2 aliphatic carbocycles. The second kappa shape index (κ2) is 13.8. The van der Waals surface area contributed by atoms with Crippen molar-refractivity contribution in [2.75, 3.05) is 6.54 Å². The van der Waals surface area contributed by atoms with E-state index >= 15 is 0 Å². The third-order valence-corrected chi connectivity index (χ3v) is 7.57. The summed E-state index contributed by atoms with van der Waals surface area (Å²) in [6, 6.07) is 13.9. The fourth-order valence-electron chi connectivity index (χ4n) is 4.60. The Labute approximate surface area is 249 Å². The molecule has 216 valence electrons. The van der Waals surface area contributed by atoms with Crippen molar-refractivity contribution >= 4 is 23.6 Å². The monoisotopic (exact) mass is 560 g/mol. The van der Waals surface area contributed by atoms with Crippen molar-refractivity contribution in [2.24, 2.45) is 10.9 Å². The van der Waals surface area contributed by atoms with E-state index in [1.54, 1.807) is 13.1 Å². The Hall–Kier alpha value is -4.63. The van der Waals surface area contributed by atoms with Crippen LogP contribution in [0.2, 0.25) is 0 Å². The second-order valence-corrected chi connectivity index (χ2v) is 11.0. The van der Waals surface area contributed by atoms with Crippen LogP contribution in [0.25, 0.3) is 6.08 Å². The molecule has 0 aromatic heterocycles. The number of benzene rings is 2. The maximum atomic E-state index is 13.5. The lowest BCUT2D eigenvalue weighted by Crippen LogP contribution is -2.36. The Morgan fingerprint density at radius 2 is 1.88 bits per heavy atom. The van der Waals surface area contributed by atoms with Crippen molar-refractivity contribution in [3.8, 4) is 11.8 Å². The number of hydrogen-bond donors (Lipinski definition) is 3. The van der Waals surface area contributed by atoms with Gasteiger partial charge in [-0.3, -0.25) is 14.6 Å². The van der Waals surface area contributed by atoms with Gasteiger partial charge < -0.3 is 16.0 Å². The molecule has 2 fully saturated rings. The van der Waals surface area contributed by atoms with E-state index in [-0.39, 0.29) is 36.1 Å². The summed E-state index contributed by atoms with van der Waals surface area (Å²) in [6.45, 7) is 14.3. The average Bonchev–Trinajstić information content (AvgIpc) is 3.92. The van der Waals surface area contributed by atoms with Crippen molar-refractivity contribution in [3.63, 3.8) is 0 Å². The fraction of sp³-hybridized carbons (Fsp3) is 0.306. The van der Waals surface area contributed by atoms with Gasteiger partial charge in [0.15, 0.2) is 0 Å². The molecule has 4 rings (SSSR count). The van der Waals surface area contributed by atoms with E-state index in [1.807, 2.05) is 37.3 Å². The molecular formula is C36H40N4O2. The molecule has 0 aliphatic heterocycles. The number of allylic oxidation sites excluding steroid dienone is 3. The number of amides is 2. The smallest absolute Gasteiger partial charge is 0.267 e. The van der Waals surface area contributed by atoms with Gasteiger partial charge in [-0.05, 0) is 92.7 Å². The zero-order valence-corrected chi connectivity index (χ0v) is 24.8. The van der Waals surface area contributed by atoms with Crippen LogP contribution in [0.5, 0.6) is 0 Å². The highest BCUT2D eigenvalue weighted by molar-refractivity contribution is 5.99. The van der Waals surface area contributed by atoms with E-state index in [4.69, 9.17) is 0 Å². The lowest BCUT2D eigenvalue weighted by atomic mass is 9.97. The summed E-state index contributed by atoms with van der Waals surface area (Å²) in [5, 5.41) is 9.08. The number of aliphatic imine (C=N–C) groups is 1. The molecular weight excluding hydrogens is 520 g/mol. The minimum atomic E-state index is -0.373. The zero-order valence-electron chi connectivity index (χ0n) is 24.8. The van der Waals surface area contributed by atoms with E-state index in [1.165, 1.54) is 24.0 Å². The quantitative estimate of drug-likeness (QED) is 0.127. The van der Waals surface area contributed by atoms with Crippen molar-refractivity contribution in [2.45, 2.75) is 58.5 Å². The summed E-state index contributed by atoms with van der Waals surface area (Å²) < 4.78 is 0. The third-order valence-electron chi connectivity index (χ3n) is 7.57. The van der Waals surface area contributed by atoms with E-state index in [2.05, 4.69) is 83.2 Å². The number of carbonyl (C=O) groups excluding carboxylic acids is 2. The molecule has 2 amide bonds. The molecule has 0 atom stereocenters. The lowest BCUT2D eigenvalue weighted by Gasteiger charge is -2.21. The third kappa shape index (κ3) is 8.20. The van der Waals surface area contributed by atoms with Gasteiger partial charge in [-0.15, -0.1) is 0 Å². The first kappa shape index (κ1) is 30.3. The molecule has 2 aromatic carbocycles. The van der Waals surface area contributed by atoms with Gasteiger partial charge >= 0.3 is 0 Å². The molecule has 0 saturated heterocycles. The van der Waals surface area contributed by atoms with Crippen LogP contribution >= 0.6 is 0 Å². The van der Waals surface area contributed by atoms with E-state index in [9.17, 15) is 9.59 Å². The van der Waals surface area contributed by atoms with Crippen LogP contribution < -0.4 is 16.0 Å². The average molecular weight is 561 g/mol. The predicted octanol–water partition coefficient (Wildman–Crippen LogP) is 6.11. The molecule has 0 heterocycles. The van der Waals surface area contributed by atoms with Crippen LogP contribution in [-0.2, 0) is 16.9 Å². The maximum absolute atomic E-state index is 13.5. The van der Waals surface area contributed by atoms with E-state index in [0.717, 1.165) is 29.5 Å². The Morgan fingerprint density at radius 1 is 1.12 bits per heavy atom. The minimum absolute atomic E-state index is 0.134. The van der Waals surface area contributed by atoms with Crippen LogP contribution in [0.15, 0.2) is 90.2 Å². The molecule has 6 heteroatoms. The van der Waals surface area contributed by atoms with Crippen LogP contribution in [0, 0.1) is 24.7 Å². The highest BCUT2D eigenvalue weighted by Crippen LogP contribution is 2.46. The summed E-state index contributed by atoms with van der Waals surface area (Å²) in [5.41, 5.74) is 6.49. The fourth-order valence-corrected chi connectivity index (χ4v) is 4.60. The van der Waals surface area contributed by atoms with Crippen LogP contribution in [0.4, 0.5) is 0 Å². The molecule has 2 aromatic rings. The highest BCUT2D eigenvalue weighted by Gasteiger charge is 2.46. The van der Waals surface area contributed by atoms with Crippen LogP contribution in [0.3, 0.4) is 0 Å². The van der Waals surface area contributed by atoms with Gasteiger partial charge in [-0.2, -0.15) is 0 Å².